The van der Waals surface area contributed by atoms with Gasteiger partial charge in [-0.25, -0.2) is 0 Å². The van der Waals surface area contributed by atoms with Crippen molar-refractivity contribution in [1.82, 2.24) is 25.1 Å². The Balaban J connectivity index is 1.40. The Kier molecular flexibility index (Phi) is 5.48. The van der Waals surface area contributed by atoms with Crippen LogP contribution in [-0.2, 0) is 4.79 Å². The highest BCUT2D eigenvalue weighted by atomic mass is 32.2. The lowest BCUT2D eigenvalue weighted by atomic mass is 9.75. The van der Waals surface area contributed by atoms with Crippen molar-refractivity contribution in [3.63, 3.8) is 0 Å². The molecule has 1 aromatic heterocycles. The molecule has 1 amide bonds. The van der Waals surface area contributed by atoms with E-state index in [4.69, 9.17) is 0 Å². The number of aryl methyl sites for hydroxylation is 1. The van der Waals surface area contributed by atoms with Gasteiger partial charge < -0.3 is 4.90 Å². The summed E-state index contributed by atoms with van der Waals surface area (Å²) in [6, 6.07) is 6.10. The summed E-state index contributed by atoms with van der Waals surface area (Å²) in [6.07, 6.45) is 6.49. The molecule has 6 nitrogen and oxygen atoms in total. The number of benzene rings is 1. The average molecular weight is 386 g/mol. The van der Waals surface area contributed by atoms with Gasteiger partial charge in [0.25, 0.3) is 0 Å². The van der Waals surface area contributed by atoms with Crippen molar-refractivity contribution in [2.45, 2.75) is 51.1 Å². The van der Waals surface area contributed by atoms with Gasteiger partial charge in [-0.3, -0.25) is 4.79 Å². The second-order valence-electron chi connectivity index (χ2n) is 7.81. The van der Waals surface area contributed by atoms with Crippen LogP contribution in [0, 0.1) is 25.7 Å². The predicted octanol–water partition coefficient (Wildman–Crippen LogP) is 3.41. The lowest BCUT2D eigenvalue weighted by Crippen LogP contribution is -2.45. The van der Waals surface area contributed by atoms with E-state index in [-0.39, 0.29) is 5.91 Å². The summed E-state index contributed by atoms with van der Waals surface area (Å²) in [6.45, 7) is 5.99. The number of carbonyl (C=O) groups excluding carboxylic acids is 1. The molecule has 1 saturated carbocycles. The molecule has 0 spiro atoms. The van der Waals surface area contributed by atoms with Crippen molar-refractivity contribution < 1.29 is 4.79 Å². The Morgan fingerprint density at radius 3 is 2.85 bits per heavy atom. The van der Waals surface area contributed by atoms with Crippen LogP contribution in [0.3, 0.4) is 0 Å². The van der Waals surface area contributed by atoms with Gasteiger partial charge in [0.2, 0.25) is 11.1 Å². The lowest BCUT2D eigenvalue weighted by molar-refractivity contribution is -0.131. The van der Waals surface area contributed by atoms with E-state index in [0.717, 1.165) is 30.3 Å². The summed E-state index contributed by atoms with van der Waals surface area (Å²) in [5, 5.41) is 12.8. The lowest BCUT2D eigenvalue weighted by Gasteiger charge is -2.41. The highest BCUT2D eigenvalue weighted by molar-refractivity contribution is 7.99. The summed E-state index contributed by atoms with van der Waals surface area (Å²) in [5.41, 5.74) is 3.32. The Morgan fingerprint density at radius 2 is 2.00 bits per heavy atom. The number of hydrogen-bond donors (Lipinski definition) is 0. The summed E-state index contributed by atoms with van der Waals surface area (Å²) in [4.78, 5) is 14.8. The van der Waals surface area contributed by atoms with Gasteiger partial charge in [0.1, 0.15) is 0 Å². The molecule has 1 saturated heterocycles. The van der Waals surface area contributed by atoms with Crippen molar-refractivity contribution in [3.8, 4) is 5.69 Å². The third-order valence-electron chi connectivity index (χ3n) is 6.21. The Hall–Kier alpha value is -1.89. The minimum atomic E-state index is 0.208. The van der Waals surface area contributed by atoms with Crippen LogP contribution in [-0.4, -0.2) is 49.9 Å². The number of thioether (sulfide) groups is 1. The molecule has 2 heterocycles. The number of fused-ring (bicyclic) bond motifs is 1. The highest BCUT2D eigenvalue weighted by Gasteiger charge is 2.32. The van der Waals surface area contributed by atoms with Gasteiger partial charge in [-0.1, -0.05) is 43.2 Å². The van der Waals surface area contributed by atoms with Gasteiger partial charge in [0.05, 0.1) is 11.4 Å². The van der Waals surface area contributed by atoms with Gasteiger partial charge in [-0.05, 0) is 66.1 Å². The fraction of sp³-hybridized carbons (Fsp3) is 0.600. The van der Waals surface area contributed by atoms with Crippen LogP contribution in [0.1, 0.15) is 43.2 Å². The summed E-state index contributed by atoms with van der Waals surface area (Å²) >= 11 is 1.43. The standard InChI is InChI=1S/C20H27N5OS/c1-14-6-5-9-18(15(14)2)25-20(21-22-23-25)27-13-19(26)24-11-10-16-7-3-4-8-17(16)12-24/h5-6,9,16-17H,3-4,7-8,10-13H2,1-2H3/t16-,17-/m1/s1. The van der Waals surface area contributed by atoms with Crippen LogP contribution in [0.25, 0.3) is 5.69 Å². The first-order chi connectivity index (χ1) is 13.1. The third kappa shape index (κ3) is 3.88. The SMILES string of the molecule is Cc1cccc(-n2nnnc2SCC(=O)N2CC[C@H]3CCCC[C@@H]3C2)c1C. The number of aromatic nitrogens is 4. The van der Waals surface area contributed by atoms with E-state index in [9.17, 15) is 4.79 Å². The van der Waals surface area contributed by atoms with Gasteiger partial charge in [-0.2, -0.15) is 4.68 Å². The van der Waals surface area contributed by atoms with E-state index in [1.807, 2.05) is 12.1 Å². The molecular formula is C20H27N5OS. The average Bonchev–Trinajstić information content (AvgIpc) is 3.16. The molecule has 2 aromatic rings. The first-order valence-corrected chi connectivity index (χ1v) is 10.9. The molecule has 144 valence electrons. The van der Waals surface area contributed by atoms with E-state index in [2.05, 4.69) is 40.3 Å². The number of piperidine rings is 1. The molecule has 0 radical (unpaired) electrons. The number of likely N-dealkylation sites (tertiary alicyclic amines) is 1. The van der Waals surface area contributed by atoms with Crippen LogP contribution in [0.2, 0.25) is 0 Å². The number of carbonyl (C=O) groups is 1. The van der Waals surface area contributed by atoms with Gasteiger partial charge in [-0.15, -0.1) is 5.10 Å². The minimum Gasteiger partial charge on any atom is -0.342 e. The predicted molar refractivity (Wildman–Crippen MR) is 106 cm³/mol. The first kappa shape index (κ1) is 18.5. The second-order valence-corrected chi connectivity index (χ2v) is 8.76. The van der Waals surface area contributed by atoms with E-state index in [1.54, 1.807) is 4.68 Å². The molecule has 2 fully saturated rings. The summed E-state index contributed by atoms with van der Waals surface area (Å²) < 4.78 is 1.74. The quantitative estimate of drug-likeness (QED) is 0.755. The third-order valence-corrected chi connectivity index (χ3v) is 7.12. The molecular weight excluding hydrogens is 358 g/mol. The summed E-state index contributed by atoms with van der Waals surface area (Å²) in [5.74, 6) is 2.15. The van der Waals surface area contributed by atoms with Gasteiger partial charge in [0.15, 0.2) is 0 Å². The molecule has 0 N–H and O–H groups in total. The Labute approximate surface area is 164 Å². The molecule has 27 heavy (non-hydrogen) atoms. The first-order valence-electron chi connectivity index (χ1n) is 9.89. The number of tetrazole rings is 1. The second kappa shape index (κ2) is 8.00. The zero-order valence-corrected chi connectivity index (χ0v) is 16.9. The van der Waals surface area contributed by atoms with Crippen molar-refractivity contribution >= 4 is 17.7 Å². The van der Waals surface area contributed by atoms with Crippen molar-refractivity contribution in [3.05, 3.63) is 29.3 Å². The molecule has 1 aromatic carbocycles. The largest absolute Gasteiger partial charge is 0.342 e. The topological polar surface area (TPSA) is 63.9 Å². The zero-order chi connectivity index (χ0) is 18.8. The monoisotopic (exact) mass is 385 g/mol. The maximum atomic E-state index is 12.8. The van der Waals surface area contributed by atoms with E-state index < -0.39 is 0 Å². The molecule has 2 aliphatic rings. The van der Waals surface area contributed by atoms with Crippen LogP contribution in [0.15, 0.2) is 23.4 Å². The summed E-state index contributed by atoms with van der Waals surface area (Å²) in [7, 11) is 0. The minimum absolute atomic E-state index is 0.208. The fourth-order valence-corrected chi connectivity index (χ4v) is 5.22. The number of nitrogens with zero attached hydrogens (tertiary/aromatic N) is 5. The van der Waals surface area contributed by atoms with Crippen LogP contribution < -0.4 is 0 Å². The molecule has 0 unspecified atom stereocenters. The van der Waals surface area contributed by atoms with E-state index in [0.29, 0.717) is 16.8 Å². The number of amides is 1. The van der Waals surface area contributed by atoms with Gasteiger partial charge >= 0.3 is 0 Å². The molecule has 1 aliphatic heterocycles. The molecule has 7 heteroatoms. The Bertz CT molecular complexity index is 820. The maximum Gasteiger partial charge on any atom is 0.233 e. The highest BCUT2D eigenvalue weighted by Crippen LogP contribution is 2.36. The molecule has 1 aliphatic carbocycles. The molecule has 0 bridgehead atoms. The van der Waals surface area contributed by atoms with Crippen molar-refractivity contribution in [1.29, 1.82) is 0 Å². The smallest absolute Gasteiger partial charge is 0.233 e. The van der Waals surface area contributed by atoms with E-state index >= 15 is 0 Å². The van der Waals surface area contributed by atoms with Crippen molar-refractivity contribution in [2.24, 2.45) is 11.8 Å². The zero-order valence-electron chi connectivity index (χ0n) is 16.1. The van der Waals surface area contributed by atoms with E-state index in [1.165, 1.54) is 49.4 Å². The maximum absolute atomic E-state index is 12.8. The number of rotatable bonds is 4. The molecule has 2 atom stereocenters. The Morgan fingerprint density at radius 1 is 1.19 bits per heavy atom. The number of hydrogen-bond acceptors (Lipinski definition) is 5. The molecule has 4 rings (SSSR count). The van der Waals surface area contributed by atoms with Crippen LogP contribution in [0.5, 0.6) is 0 Å². The van der Waals surface area contributed by atoms with Crippen LogP contribution >= 0.6 is 11.8 Å². The fourth-order valence-electron chi connectivity index (χ4n) is 4.43. The van der Waals surface area contributed by atoms with Crippen molar-refractivity contribution in [2.75, 3.05) is 18.8 Å². The van der Waals surface area contributed by atoms with Gasteiger partial charge in [0, 0.05) is 13.1 Å². The normalized spacial score (nSPS) is 22.5. The van der Waals surface area contributed by atoms with Crippen LogP contribution in [0.4, 0.5) is 0 Å².